The molecule has 7 heteroatoms. The second-order valence-electron chi connectivity index (χ2n) is 3.94. The zero-order chi connectivity index (χ0) is 13.1. The molecule has 0 aromatic carbocycles. The van der Waals surface area contributed by atoms with Crippen molar-refractivity contribution in [1.29, 1.82) is 0 Å². The number of thiophene rings is 1. The van der Waals surface area contributed by atoms with Crippen LogP contribution in [0.5, 0.6) is 0 Å². The van der Waals surface area contributed by atoms with Gasteiger partial charge in [0, 0.05) is 12.5 Å². The minimum atomic E-state index is -0.449. The molecule has 0 aliphatic heterocycles. The first-order chi connectivity index (χ1) is 8.60. The van der Waals surface area contributed by atoms with Gasteiger partial charge in [0.2, 0.25) is 0 Å². The lowest BCUT2D eigenvalue weighted by Crippen LogP contribution is -2.24. The van der Waals surface area contributed by atoms with Gasteiger partial charge in [0.15, 0.2) is 5.82 Å². The summed E-state index contributed by atoms with van der Waals surface area (Å²) in [5, 5.41) is 7.00. The van der Waals surface area contributed by atoms with E-state index in [1.807, 2.05) is 14.0 Å². The van der Waals surface area contributed by atoms with Crippen molar-refractivity contribution in [2.45, 2.75) is 19.4 Å². The topological polar surface area (TPSA) is 94.0 Å². The monoisotopic (exact) mass is 266 g/mol. The lowest BCUT2D eigenvalue weighted by molar-refractivity contribution is 0.100. The predicted octanol–water partition coefficient (Wildman–Crippen LogP) is 1.05. The molecule has 0 aliphatic rings. The molecule has 1 unspecified atom stereocenters. The quantitative estimate of drug-likeness (QED) is 0.843. The Morgan fingerprint density at radius 1 is 1.61 bits per heavy atom. The van der Waals surface area contributed by atoms with Crippen molar-refractivity contribution in [3.63, 3.8) is 0 Å². The number of nitrogens with two attached hydrogens (primary N) is 1. The summed E-state index contributed by atoms with van der Waals surface area (Å²) in [6.45, 7) is 2.03. The van der Waals surface area contributed by atoms with Crippen molar-refractivity contribution in [1.82, 2.24) is 15.5 Å². The molecule has 0 aliphatic carbocycles. The molecule has 3 N–H and O–H groups in total. The zero-order valence-corrected chi connectivity index (χ0v) is 11.0. The maximum atomic E-state index is 11.0. The summed E-state index contributed by atoms with van der Waals surface area (Å²) in [7, 11) is 1.88. The average Bonchev–Trinajstić information content (AvgIpc) is 2.96. The van der Waals surface area contributed by atoms with E-state index in [0.29, 0.717) is 23.0 Å². The summed E-state index contributed by atoms with van der Waals surface area (Å²) in [4.78, 5) is 16.5. The van der Waals surface area contributed by atoms with E-state index in [9.17, 15) is 4.79 Å². The van der Waals surface area contributed by atoms with Gasteiger partial charge in [-0.1, -0.05) is 5.16 Å². The number of hydrogen-bond acceptors (Lipinski definition) is 6. The highest BCUT2D eigenvalue weighted by Gasteiger charge is 2.14. The van der Waals surface area contributed by atoms with E-state index in [4.69, 9.17) is 10.3 Å². The molecule has 0 fully saturated rings. The van der Waals surface area contributed by atoms with Crippen molar-refractivity contribution in [2.75, 3.05) is 7.05 Å². The highest BCUT2D eigenvalue weighted by Crippen LogP contribution is 2.26. The summed E-state index contributed by atoms with van der Waals surface area (Å²) in [5.41, 5.74) is 5.19. The Bertz CT molecular complexity index is 549. The number of likely N-dealkylation sites (N-methyl/N-ethyl adjacent to an activating group) is 1. The van der Waals surface area contributed by atoms with E-state index >= 15 is 0 Å². The summed E-state index contributed by atoms with van der Waals surface area (Å²) >= 11 is 1.25. The molecule has 96 valence electrons. The second kappa shape index (κ2) is 5.28. The molecule has 2 aromatic rings. The zero-order valence-electron chi connectivity index (χ0n) is 10.1. The number of hydrogen-bond donors (Lipinski definition) is 2. The van der Waals surface area contributed by atoms with Crippen molar-refractivity contribution < 1.29 is 9.32 Å². The molecular weight excluding hydrogens is 252 g/mol. The molecule has 0 radical (unpaired) electrons. The third-order valence-electron chi connectivity index (χ3n) is 2.51. The van der Waals surface area contributed by atoms with Crippen LogP contribution in [0.2, 0.25) is 0 Å². The lowest BCUT2D eigenvalue weighted by Gasteiger charge is -2.04. The van der Waals surface area contributed by atoms with E-state index in [-0.39, 0.29) is 6.04 Å². The molecular formula is C11H14N4O2S. The first kappa shape index (κ1) is 12.7. The summed E-state index contributed by atoms with van der Waals surface area (Å²) in [5.74, 6) is 0.612. The molecule has 0 saturated carbocycles. The molecule has 0 saturated heterocycles. The number of primary amides is 1. The van der Waals surface area contributed by atoms with Crippen LogP contribution in [0, 0.1) is 0 Å². The van der Waals surface area contributed by atoms with E-state index in [2.05, 4.69) is 15.5 Å². The fourth-order valence-corrected chi connectivity index (χ4v) is 2.18. The normalized spacial score (nSPS) is 12.6. The van der Waals surface area contributed by atoms with Crippen LogP contribution in [0.15, 0.2) is 16.7 Å². The number of amides is 1. The maximum Gasteiger partial charge on any atom is 0.268 e. The average molecular weight is 266 g/mol. The van der Waals surface area contributed by atoms with Gasteiger partial charge in [0.1, 0.15) is 0 Å². The largest absolute Gasteiger partial charge is 0.365 e. The number of nitrogens with zero attached hydrogens (tertiary/aromatic N) is 2. The van der Waals surface area contributed by atoms with Gasteiger partial charge < -0.3 is 15.6 Å². The minimum absolute atomic E-state index is 0.278. The molecule has 1 atom stereocenters. The van der Waals surface area contributed by atoms with E-state index in [1.54, 1.807) is 12.1 Å². The fraction of sp³-hybridized carbons (Fsp3) is 0.364. The number of carbonyl (C=O) groups is 1. The molecule has 6 nitrogen and oxygen atoms in total. The lowest BCUT2D eigenvalue weighted by atomic mass is 10.2. The first-order valence-electron chi connectivity index (χ1n) is 5.50. The number of aromatic nitrogens is 2. The highest BCUT2D eigenvalue weighted by molar-refractivity contribution is 7.17. The van der Waals surface area contributed by atoms with E-state index in [1.165, 1.54) is 11.3 Å². The summed E-state index contributed by atoms with van der Waals surface area (Å²) in [6.07, 6.45) is 0.689. The number of rotatable bonds is 5. The second-order valence-corrected chi connectivity index (χ2v) is 5.02. The summed E-state index contributed by atoms with van der Waals surface area (Å²) < 4.78 is 5.16. The van der Waals surface area contributed by atoms with Gasteiger partial charge in [-0.2, -0.15) is 4.98 Å². The van der Waals surface area contributed by atoms with Gasteiger partial charge in [-0.15, -0.1) is 11.3 Å². The van der Waals surface area contributed by atoms with Crippen LogP contribution in [-0.4, -0.2) is 29.1 Å². The van der Waals surface area contributed by atoms with Crippen molar-refractivity contribution in [3.05, 3.63) is 22.8 Å². The molecule has 0 bridgehead atoms. The van der Waals surface area contributed by atoms with Gasteiger partial charge in [-0.25, -0.2) is 0 Å². The van der Waals surface area contributed by atoms with Crippen molar-refractivity contribution >= 4 is 17.2 Å². The molecule has 2 rings (SSSR count). The molecule has 1 amide bonds. The first-order valence-corrected chi connectivity index (χ1v) is 6.31. The third-order valence-corrected chi connectivity index (χ3v) is 3.60. The van der Waals surface area contributed by atoms with E-state index < -0.39 is 5.91 Å². The van der Waals surface area contributed by atoms with Gasteiger partial charge >= 0.3 is 0 Å². The van der Waals surface area contributed by atoms with Gasteiger partial charge in [-0.3, -0.25) is 4.79 Å². The Morgan fingerprint density at radius 3 is 3.00 bits per heavy atom. The van der Waals surface area contributed by atoms with Gasteiger partial charge in [0.05, 0.1) is 9.75 Å². The molecule has 2 aromatic heterocycles. The Balaban J connectivity index is 2.16. The van der Waals surface area contributed by atoms with Gasteiger partial charge in [0.25, 0.3) is 11.8 Å². The number of nitrogens with one attached hydrogen (secondary N) is 1. The number of carbonyl (C=O) groups excluding carboxylic acids is 1. The van der Waals surface area contributed by atoms with Crippen LogP contribution in [0.4, 0.5) is 0 Å². The van der Waals surface area contributed by atoms with Crippen LogP contribution in [0.3, 0.4) is 0 Å². The smallest absolute Gasteiger partial charge is 0.268 e. The van der Waals surface area contributed by atoms with Crippen LogP contribution in [0.1, 0.15) is 22.4 Å². The Hall–Kier alpha value is -1.73. The summed E-state index contributed by atoms with van der Waals surface area (Å²) in [6, 6.07) is 3.69. The van der Waals surface area contributed by atoms with Crippen LogP contribution >= 0.6 is 11.3 Å². The standard InChI is InChI=1S/C11H14N4O2S/c1-6(13-2)5-9-14-11(17-15-9)8-4-3-7(18-8)10(12)16/h3-4,6,13H,5H2,1-2H3,(H2,12,16). The maximum absolute atomic E-state index is 11.0. The van der Waals surface area contributed by atoms with Crippen LogP contribution in [0.25, 0.3) is 10.8 Å². The van der Waals surface area contributed by atoms with Crippen LogP contribution < -0.4 is 11.1 Å². The molecule has 0 spiro atoms. The van der Waals surface area contributed by atoms with Crippen LogP contribution in [-0.2, 0) is 6.42 Å². The molecule has 2 heterocycles. The Morgan fingerprint density at radius 2 is 2.39 bits per heavy atom. The van der Waals surface area contributed by atoms with E-state index in [0.717, 1.165) is 4.88 Å². The Labute approximate surface area is 108 Å². The fourth-order valence-electron chi connectivity index (χ4n) is 1.40. The van der Waals surface area contributed by atoms with Crippen molar-refractivity contribution in [3.8, 4) is 10.8 Å². The van der Waals surface area contributed by atoms with Gasteiger partial charge in [-0.05, 0) is 26.1 Å². The third kappa shape index (κ3) is 2.74. The van der Waals surface area contributed by atoms with Crippen molar-refractivity contribution in [2.24, 2.45) is 5.73 Å². The molecule has 18 heavy (non-hydrogen) atoms. The Kier molecular flexibility index (Phi) is 3.73. The SMILES string of the molecule is CNC(C)Cc1noc(-c2ccc(C(N)=O)s2)n1. The highest BCUT2D eigenvalue weighted by atomic mass is 32.1. The predicted molar refractivity (Wildman–Crippen MR) is 68.4 cm³/mol. The minimum Gasteiger partial charge on any atom is -0.365 e.